The number of anilines is 1. The third-order valence-electron chi connectivity index (χ3n) is 2.79. The van der Waals surface area contributed by atoms with Gasteiger partial charge in [0.05, 0.1) is 17.7 Å². The number of halogens is 1. The van der Waals surface area contributed by atoms with Crippen LogP contribution in [0, 0.1) is 5.92 Å². The van der Waals surface area contributed by atoms with Gasteiger partial charge in [-0.1, -0.05) is 25.4 Å². The molecule has 0 saturated heterocycles. The molecule has 1 atom stereocenters. The highest BCUT2D eigenvalue weighted by molar-refractivity contribution is 6.33. The number of hydrogen-bond acceptors (Lipinski definition) is 4. The van der Waals surface area contributed by atoms with Crippen molar-refractivity contribution in [2.24, 2.45) is 5.92 Å². The lowest BCUT2D eigenvalue weighted by atomic mass is 10.1. The number of methoxy groups -OCH3 is 1. The number of nitrogens with one attached hydrogen (secondary N) is 2. The first-order valence-electron chi connectivity index (χ1n) is 6.39. The first-order valence-corrected chi connectivity index (χ1v) is 6.76. The van der Waals surface area contributed by atoms with E-state index in [0.717, 1.165) is 6.54 Å². The molecule has 1 unspecified atom stereocenters. The van der Waals surface area contributed by atoms with E-state index >= 15 is 0 Å². The van der Waals surface area contributed by atoms with E-state index in [9.17, 15) is 9.59 Å². The van der Waals surface area contributed by atoms with Gasteiger partial charge in [0.25, 0.3) is 0 Å². The third kappa shape index (κ3) is 4.51. The van der Waals surface area contributed by atoms with Crippen molar-refractivity contribution in [3.8, 4) is 0 Å². The molecule has 0 heterocycles. The highest BCUT2D eigenvalue weighted by atomic mass is 35.5. The lowest BCUT2D eigenvalue weighted by Crippen LogP contribution is -2.30. The Hall–Kier alpha value is -1.59. The summed E-state index contributed by atoms with van der Waals surface area (Å²) in [6.45, 7) is 5.21. The fraction of sp³-hybridized carbons (Fsp3) is 0.429. The zero-order valence-electron chi connectivity index (χ0n) is 11.8. The van der Waals surface area contributed by atoms with Gasteiger partial charge < -0.3 is 15.4 Å². The maximum Gasteiger partial charge on any atom is 0.339 e. The second-order valence-electron chi connectivity index (χ2n) is 4.38. The third-order valence-corrected chi connectivity index (χ3v) is 3.12. The lowest BCUT2D eigenvalue weighted by Gasteiger charge is -2.13. The molecule has 5 nitrogen and oxygen atoms in total. The molecule has 110 valence electrons. The largest absolute Gasteiger partial charge is 0.465 e. The maximum atomic E-state index is 12.0. The Kier molecular flexibility index (Phi) is 6.48. The van der Waals surface area contributed by atoms with Crippen LogP contribution in [-0.4, -0.2) is 32.1 Å². The Morgan fingerprint density at radius 3 is 2.70 bits per heavy atom. The van der Waals surface area contributed by atoms with Gasteiger partial charge >= 0.3 is 5.97 Å². The van der Waals surface area contributed by atoms with E-state index in [-0.39, 0.29) is 22.4 Å². The van der Waals surface area contributed by atoms with Crippen LogP contribution in [0.15, 0.2) is 18.2 Å². The van der Waals surface area contributed by atoms with Gasteiger partial charge in [0.1, 0.15) is 0 Å². The minimum absolute atomic E-state index is 0.121. The Morgan fingerprint density at radius 1 is 1.40 bits per heavy atom. The summed E-state index contributed by atoms with van der Waals surface area (Å²) >= 11 is 5.91. The molecule has 0 bridgehead atoms. The number of hydrogen-bond donors (Lipinski definition) is 2. The minimum Gasteiger partial charge on any atom is -0.465 e. The molecule has 1 aromatic carbocycles. The molecule has 0 fully saturated rings. The number of ether oxygens (including phenoxy) is 1. The van der Waals surface area contributed by atoms with E-state index in [1.807, 2.05) is 13.8 Å². The molecule has 0 aliphatic rings. The molecule has 2 N–H and O–H groups in total. The smallest absolute Gasteiger partial charge is 0.339 e. The van der Waals surface area contributed by atoms with Crippen molar-refractivity contribution >= 4 is 29.2 Å². The van der Waals surface area contributed by atoms with E-state index in [0.29, 0.717) is 12.2 Å². The second kappa shape index (κ2) is 7.87. The van der Waals surface area contributed by atoms with E-state index < -0.39 is 5.97 Å². The monoisotopic (exact) mass is 298 g/mol. The van der Waals surface area contributed by atoms with Crippen LogP contribution in [-0.2, 0) is 9.53 Å². The van der Waals surface area contributed by atoms with E-state index in [2.05, 4.69) is 15.4 Å². The molecule has 1 rings (SSSR count). The summed E-state index contributed by atoms with van der Waals surface area (Å²) in [5.74, 6) is -0.830. The molecule has 20 heavy (non-hydrogen) atoms. The van der Waals surface area contributed by atoms with Crippen LogP contribution < -0.4 is 10.6 Å². The number of carbonyl (C=O) groups excluding carboxylic acids is 2. The topological polar surface area (TPSA) is 67.4 Å². The van der Waals surface area contributed by atoms with Crippen molar-refractivity contribution < 1.29 is 14.3 Å². The van der Waals surface area contributed by atoms with Crippen LogP contribution in [0.1, 0.15) is 24.2 Å². The first-order chi connectivity index (χ1) is 9.49. The molecule has 0 spiro atoms. The minimum atomic E-state index is -0.535. The van der Waals surface area contributed by atoms with Gasteiger partial charge in [0.15, 0.2) is 0 Å². The van der Waals surface area contributed by atoms with Crippen molar-refractivity contribution in [3.63, 3.8) is 0 Å². The van der Waals surface area contributed by atoms with E-state index in [4.69, 9.17) is 11.6 Å². The van der Waals surface area contributed by atoms with Crippen LogP contribution in [0.25, 0.3) is 0 Å². The molecule has 1 aromatic rings. The van der Waals surface area contributed by atoms with Gasteiger partial charge in [-0.05, 0) is 24.7 Å². The summed E-state index contributed by atoms with van der Waals surface area (Å²) in [6.07, 6.45) is 0. The lowest BCUT2D eigenvalue weighted by molar-refractivity contribution is -0.119. The number of carbonyl (C=O) groups is 2. The number of benzene rings is 1. The summed E-state index contributed by atoms with van der Waals surface area (Å²) in [5, 5.41) is 6.15. The summed E-state index contributed by atoms with van der Waals surface area (Å²) in [5.41, 5.74) is 0.745. The van der Waals surface area contributed by atoms with Crippen molar-refractivity contribution in [2.45, 2.75) is 13.8 Å². The highest BCUT2D eigenvalue weighted by Crippen LogP contribution is 2.21. The average Bonchev–Trinajstić information content (AvgIpc) is 2.45. The predicted octanol–water partition coefficient (Wildman–Crippen LogP) is 2.31. The summed E-state index contributed by atoms with van der Waals surface area (Å²) in [6, 6.07) is 4.71. The molecule has 0 aromatic heterocycles. The van der Waals surface area contributed by atoms with Crippen molar-refractivity contribution in [1.82, 2.24) is 5.32 Å². The van der Waals surface area contributed by atoms with Crippen LogP contribution in [0.2, 0.25) is 5.02 Å². The van der Waals surface area contributed by atoms with Gasteiger partial charge in [-0.25, -0.2) is 4.79 Å². The van der Waals surface area contributed by atoms with Crippen molar-refractivity contribution in [1.29, 1.82) is 0 Å². The Bertz CT molecular complexity index is 491. The average molecular weight is 299 g/mol. The van der Waals surface area contributed by atoms with Gasteiger partial charge in [0, 0.05) is 18.2 Å². The van der Waals surface area contributed by atoms with Crippen molar-refractivity contribution in [3.05, 3.63) is 28.8 Å². The van der Waals surface area contributed by atoms with Gasteiger partial charge in [-0.3, -0.25) is 4.79 Å². The second-order valence-corrected chi connectivity index (χ2v) is 4.79. The zero-order chi connectivity index (χ0) is 15.1. The summed E-state index contributed by atoms with van der Waals surface area (Å²) in [7, 11) is 1.28. The number of amides is 1. The molecule has 0 aliphatic heterocycles. The molecule has 0 radical (unpaired) electrons. The normalized spacial score (nSPS) is 11.8. The Morgan fingerprint density at radius 2 is 2.10 bits per heavy atom. The summed E-state index contributed by atoms with van der Waals surface area (Å²) < 4.78 is 4.63. The predicted molar refractivity (Wildman–Crippen MR) is 79.1 cm³/mol. The summed E-state index contributed by atoms with van der Waals surface area (Å²) in [4.78, 5) is 23.5. The van der Waals surface area contributed by atoms with Gasteiger partial charge in [-0.2, -0.15) is 0 Å². The fourth-order valence-electron chi connectivity index (χ4n) is 1.59. The quantitative estimate of drug-likeness (QED) is 0.791. The van der Waals surface area contributed by atoms with Crippen LogP contribution in [0.3, 0.4) is 0 Å². The molecular formula is C14H19ClN2O3. The Labute approximate surface area is 123 Å². The molecular weight excluding hydrogens is 280 g/mol. The standard InChI is InChI=1S/C14H19ClN2O3/c1-4-16-8-9(2)13(18)17-10-5-6-12(15)11(7-10)14(19)20-3/h5-7,9,16H,4,8H2,1-3H3,(H,17,18). The van der Waals surface area contributed by atoms with Crippen LogP contribution >= 0.6 is 11.6 Å². The molecule has 1 amide bonds. The van der Waals surface area contributed by atoms with E-state index in [1.54, 1.807) is 12.1 Å². The van der Waals surface area contributed by atoms with Crippen molar-refractivity contribution in [2.75, 3.05) is 25.5 Å². The number of esters is 1. The Balaban J connectivity index is 2.78. The van der Waals surface area contributed by atoms with Gasteiger partial charge in [0.2, 0.25) is 5.91 Å². The SMILES string of the molecule is CCNCC(C)C(=O)Nc1ccc(Cl)c(C(=O)OC)c1. The molecule has 6 heteroatoms. The molecule has 0 aliphatic carbocycles. The fourth-order valence-corrected chi connectivity index (χ4v) is 1.78. The molecule has 0 saturated carbocycles. The van der Waals surface area contributed by atoms with E-state index in [1.165, 1.54) is 13.2 Å². The highest BCUT2D eigenvalue weighted by Gasteiger charge is 2.15. The van der Waals surface area contributed by atoms with Gasteiger partial charge in [-0.15, -0.1) is 0 Å². The maximum absolute atomic E-state index is 12.0. The number of rotatable bonds is 6. The zero-order valence-corrected chi connectivity index (χ0v) is 12.6. The van der Waals surface area contributed by atoms with Crippen LogP contribution in [0.4, 0.5) is 5.69 Å². The first kappa shape index (κ1) is 16.5. The van der Waals surface area contributed by atoms with Crippen LogP contribution in [0.5, 0.6) is 0 Å².